The predicted octanol–water partition coefficient (Wildman–Crippen LogP) is 5.14. The van der Waals surface area contributed by atoms with E-state index in [1.54, 1.807) is 0 Å². The Morgan fingerprint density at radius 3 is 2.36 bits per heavy atom. The number of nitrogens with two attached hydrogens (primary N) is 1. The highest BCUT2D eigenvalue weighted by Gasteiger charge is 2.22. The Bertz CT molecular complexity index is 460. The van der Waals surface area contributed by atoms with Crippen molar-refractivity contribution < 1.29 is 4.74 Å². The summed E-state index contributed by atoms with van der Waals surface area (Å²) in [6.07, 6.45) is 5.58. The molecule has 0 amide bonds. The Morgan fingerprint density at radius 1 is 1.14 bits per heavy atom. The van der Waals surface area contributed by atoms with Crippen molar-refractivity contribution in [1.29, 1.82) is 0 Å². The fourth-order valence-electron chi connectivity index (χ4n) is 2.98. The fraction of sp³-hybridized carbons (Fsp3) is 0.700. The first-order valence-corrected chi connectivity index (χ1v) is 8.82. The van der Waals surface area contributed by atoms with Gasteiger partial charge in [-0.25, -0.2) is 0 Å². The molecule has 2 N–H and O–H groups in total. The minimum Gasteiger partial charge on any atom is -0.493 e. The fourth-order valence-corrected chi connectivity index (χ4v) is 2.98. The first kappa shape index (κ1) is 19.0. The number of hydrogen-bond donors (Lipinski definition) is 1. The first-order valence-electron chi connectivity index (χ1n) is 8.82. The molecule has 0 aliphatic rings. The molecule has 126 valence electrons. The first-order chi connectivity index (χ1) is 10.3. The van der Waals surface area contributed by atoms with Crippen molar-refractivity contribution in [3.63, 3.8) is 0 Å². The van der Waals surface area contributed by atoms with Crippen molar-refractivity contribution in [2.75, 3.05) is 6.61 Å². The van der Waals surface area contributed by atoms with E-state index in [4.69, 9.17) is 10.5 Å². The van der Waals surface area contributed by atoms with E-state index in [0.29, 0.717) is 12.6 Å². The molecule has 2 nitrogen and oxygen atoms in total. The molecule has 0 aliphatic carbocycles. The lowest BCUT2D eigenvalue weighted by Gasteiger charge is -2.25. The second-order valence-electron chi connectivity index (χ2n) is 7.42. The maximum absolute atomic E-state index is 6.14. The number of rotatable bonds is 8. The van der Waals surface area contributed by atoms with Gasteiger partial charge in [-0.05, 0) is 50.5 Å². The van der Waals surface area contributed by atoms with E-state index in [9.17, 15) is 0 Å². The third-order valence-corrected chi connectivity index (χ3v) is 4.09. The van der Waals surface area contributed by atoms with E-state index in [1.165, 1.54) is 23.1 Å². The summed E-state index contributed by atoms with van der Waals surface area (Å²) in [6.45, 7) is 13.9. The zero-order valence-electron chi connectivity index (χ0n) is 15.5. The Morgan fingerprint density at radius 2 is 1.82 bits per heavy atom. The van der Waals surface area contributed by atoms with Crippen molar-refractivity contribution >= 4 is 0 Å². The van der Waals surface area contributed by atoms with Crippen molar-refractivity contribution in [3.8, 4) is 5.75 Å². The van der Waals surface area contributed by atoms with Crippen LogP contribution in [-0.4, -0.2) is 12.6 Å². The van der Waals surface area contributed by atoms with Crippen LogP contribution in [0.1, 0.15) is 77.0 Å². The predicted molar refractivity (Wildman–Crippen MR) is 96.9 cm³/mol. The summed E-state index contributed by atoms with van der Waals surface area (Å²) in [4.78, 5) is 0. The average molecular weight is 306 g/mol. The second kappa shape index (κ2) is 8.57. The van der Waals surface area contributed by atoms with E-state index < -0.39 is 0 Å². The maximum Gasteiger partial charge on any atom is 0.126 e. The van der Waals surface area contributed by atoms with Gasteiger partial charge in [0.25, 0.3) is 0 Å². The van der Waals surface area contributed by atoms with Crippen LogP contribution < -0.4 is 10.5 Å². The molecule has 0 fully saturated rings. The molecule has 1 aromatic rings. The molecule has 1 aromatic carbocycles. The smallest absolute Gasteiger partial charge is 0.126 e. The average Bonchev–Trinajstić information content (AvgIpc) is 2.40. The monoisotopic (exact) mass is 305 g/mol. The SMILES string of the molecule is CCCC(N)CCCc1cc(C)cc(C(C)(C)C)c1OCC. The van der Waals surface area contributed by atoms with Crippen LogP contribution in [0, 0.1) is 6.92 Å². The summed E-state index contributed by atoms with van der Waals surface area (Å²) in [5.74, 6) is 1.10. The van der Waals surface area contributed by atoms with Gasteiger partial charge in [0.1, 0.15) is 5.75 Å². The molecule has 0 heterocycles. The molecule has 0 bridgehead atoms. The molecule has 0 radical (unpaired) electrons. The maximum atomic E-state index is 6.14. The quantitative estimate of drug-likeness (QED) is 0.721. The lowest BCUT2D eigenvalue weighted by molar-refractivity contribution is 0.325. The minimum absolute atomic E-state index is 0.101. The van der Waals surface area contributed by atoms with Gasteiger partial charge in [-0.2, -0.15) is 0 Å². The lowest BCUT2D eigenvalue weighted by Crippen LogP contribution is -2.19. The molecule has 22 heavy (non-hydrogen) atoms. The van der Waals surface area contributed by atoms with Crippen LogP contribution in [0.2, 0.25) is 0 Å². The van der Waals surface area contributed by atoms with Gasteiger partial charge in [-0.1, -0.05) is 51.8 Å². The van der Waals surface area contributed by atoms with Crippen molar-refractivity contribution in [2.24, 2.45) is 5.73 Å². The van der Waals surface area contributed by atoms with E-state index in [1.807, 2.05) is 0 Å². The van der Waals surface area contributed by atoms with Gasteiger partial charge in [0.2, 0.25) is 0 Å². The number of benzene rings is 1. The molecule has 0 aromatic heterocycles. The number of aryl methyl sites for hydroxylation is 2. The molecule has 0 spiro atoms. The summed E-state index contributed by atoms with van der Waals surface area (Å²) in [5.41, 5.74) is 10.2. The lowest BCUT2D eigenvalue weighted by atomic mass is 9.83. The summed E-state index contributed by atoms with van der Waals surface area (Å²) in [6, 6.07) is 4.90. The molecule has 1 atom stereocenters. The summed E-state index contributed by atoms with van der Waals surface area (Å²) < 4.78 is 6.02. The van der Waals surface area contributed by atoms with Crippen molar-refractivity contribution in [2.45, 2.75) is 85.1 Å². The van der Waals surface area contributed by atoms with E-state index in [0.717, 1.165) is 31.4 Å². The van der Waals surface area contributed by atoms with Gasteiger partial charge >= 0.3 is 0 Å². The molecule has 1 rings (SSSR count). The summed E-state index contributed by atoms with van der Waals surface area (Å²) in [7, 11) is 0. The number of hydrogen-bond acceptors (Lipinski definition) is 2. The summed E-state index contributed by atoms with van der Waals surface area (Å²) in [5, 5.41) is 0. The van der Waals surface area contributed by atoms with Crippen LogP contribution in [-0.2, 0) is 11.8 Å². The zero-order chi connectivity index (χ0) is 16.8. The molecule has 0 saturated carbocycles. The Kier molecular flexibility index (Phi) is 7.41. The molecular formula is C20H35NO. The number of ether oxygens (including phenoxy) is 1. The van der Waals surface area contributed by atoms with E-state index >= 15 is 0 Å². The van der Waals surface area contributed by atoms with Crippen LogP contribution in [0.25, 0.3) is 0 Å². The van der Waals surface area contributed by atoms with Gasteiger partial charge in [0.05, 0.1) is 6.61 Å². The molecule has 0 aliphatic heterocycles. The Labute approximate surface area is 137 Å². The molecule has 0 saturated heterocycles. The minimum atomic E-state index is 0.101. The highest BCUT2D eigenvalue weighted by Crippen LogP contribution is 2.36. The van der Waals surface area contributed by atoms with Crippen LogP contribution in [0.15, 0.2) is 12.1 Å². The van der Waals surface area contributed by atoms with Gasteiger partial charge in [-0.15, -0.1) is 0 Å². The van der Waals surface area contributed by atoms with Gasteiger partial charge < -0.3 is 10.5 Å². The summed E-state index contributed by atoms with van der Waals surface area (Å²) >= 11 is 0. The highest BCUT2D eigenvalue weighted by molar-refractivity contribution is 5.48. The van der Waals surface area contributed by atoms with Crippen LogP contribution in [0.4, 0.5) is 0 Å². The Hall–Kier alpha value is -1.02. The zero-order valence-corrected chi connectivity index (χ0v) is 15.5. The third kappa shape index (κ3) is 5.64. The highest BCUT2D eigenvalue weighted by atomic mass is 16.5. The van der Waals surface area contributed by atoms with Gasteiger partial charge in [0.15, 0.2) is 0 Å². The van der Waals surface area contributed by atoms with Crippen LogP contribution in [0.3, 0.4) is 0 Å². The molecule has 1 unspecified atom stereocenters. The molecular weight excluding hydrogens is 270 g/mol. The molecule has 2 heteroatoms. The van der Waals surface area contributed by atoms with Gasteiger partial charge in [-0.3, -0.25) is 0 Å². The Balaban J connectivity index is 2.95. The van der Waals surface area contributed by atoms with E-state index in [2.05, 4.69) is 53.7 Å². The third-order valence-electron chi connectivity index (χ3n) is 4.09. The normalized spacial score (nSPS) is 13.2. The standard InChI is InChI=1S/C20H35NO/c1-7-10-17(21)12-9-11-16-13-15(3)14-18(20(4,5)6)19(16)22-8-2/h13-14,17H,7-12,21H2,1-6H3. The van der Waals surface area contributed by atoms with Crippen molar-refractivity contribution in [1.82, 2.24) is 0 Å². The van der Waals surface area contributed by atoms with Crippen molar-refractivity contribution in [3.05, 3.63) is 28.8 Å². The van der Waals surface area contributed by atoms with E-state index in [-0.39, 0.29) is 5.41 Å². The largest absolute Gasteiger partial charge is 0.493 e. The van der Waals surface area contributed by atoms with Gasteiger partial charge in [0, 0.05) is 11.6 Å². The van der Waals surface area contributed by atoms with Crippen LogP contribution in [0.5, 0.6) is 5.75 Å². The van der Waals surface area contributed by atoms with Crippen LogP contribution >= 0.6 is 0 Å². The topological polar surface area (TPSA) is 35.2 Å². The second-order valence-corrected chi connectivity index (χ2v) is 7.42.